The van der Waals surface area contributed by atoms with Crippen LogP contribution < -0.4 is 0 Å². The minimum Gasteiger partial charge on any atom is -0.481 e. The van der Waals surface area contributed by atoms with Crippen molar-refractivity contribution in [3.63, 3.8) is 0 Å². The second kappa shape index (κ2) is 6.51. The third-order valence-corrected chi connectivity index (χ3v) is 3.56. The minimum absolute atomic E-state index is 0.0247. The van der Waals surface area contributed by atoms with Crippen LogP contribution >= 0.6 is 11.8 Å². The van der Waals surface area contributed by atoms with Crippen LogP contribution in [-0.2, 0) is 11.3 Å². The predicted molar refractivity (Wildman–Crippen MR) is 76.6 cm³/mol. The molecule has 0 fully saturated rings. The fraction of sp³-hybridized carbons (Fsp3) is 0.385. The smallest absolute Gasteiger partial charge is 0.313 e. The third kappa shape index (κ3) is 3.36. The summed E-state index contributed by atoms with van der Waals surface area (Å²) in [6.45, 7) is 4.71. The molecule has 20 heavy (non-hydrogen) atoms. The molecule has 2 aromatic rings. The quantitative estimate of drug-likeness (QED) is 0.822. The average Bonchev–Trinajstić information content (AvgIpc) is 2.80. The highest BCUT2D eigenvalue weighted by Crippen LogP contribution is 2.23. The molecule has 0 aromatic carbocycles. The lowest BCUT2D eigenvalue weighted by Crippen LogP contribution is -2.05. The molecule has 6 nitrogen and oxygen atoms in total. The lowest BCUT2D eigenvalue weighted by molar-refractivity contribution is -0.133. The number of carboxylic acid groups (broad SMARTS) is 1. The zero-order valence-corrected chi connectivity index (χ0v) is 12.2. The van der Waals surface area contributed by atoms with Crippen LogP contribution in [0.1, 0.15) is 19.0 Å². The average molecular weight is 292 g/mol. The molecule has 0 amide bonds. The SMILES string of the molecule is CCCn1c(SCC(=O)O)nnc1-c1cccc(C)n1. The fourth-order valence-electron chi connectivity index (χ4n) is 1.80. The number of thioether (sulfide) groups is 1. The standard InChI is InChI=1S/C13H16N4O2S/c1-3-7-17-12(10-6-4-5-9(2)14-10)15-16-13(17)20-8-11(18)19/h4-6H,3,7-8H2,1-2H3,(H,18,19). The van der Waals surface area contributed by atoms with E-state index in [1.807, 2.05) is 29.7 Å². The number of hydrogen-bond donors (Lipinski definition) is 1. The van der Waals surface area contributed by atoms with Crippen LogP contribution in [0.15, 0.2) is 23.4 Å². The maximum absolute atomic E-state index is 10.7. The predicted octanol–water partition coefficient (Wildman–Crippen LogP) is 2.24. The van der Waals surface area contributed by atoms with E-state index in [9.17, 15) is 4.79 Å². The Morgan fingerprint density at radius 1 is 1.40 bits per heavy atom. The van der Waals surface area contributed by atoms with E-state index < -0.39 is 5.97 Å². The van der Waals surface area contributed by atoms with Crippen molar-refractivity contribution in [3.05, 3.63) is 23.9 Å². The lowest BCUT2D eigenvalue weighted by Gasteiger charge is -2.08. The van der Waals surface area contributed by atoms with Crippen LogP contribution in [0.4, 0.5) is 0 Å². The monoisotopic (exact) mass is 292 g/mol. The Morgan fingerprint density at radius 3 is 2.85 bits per heavy atom. The van der Waals surface area contributed by atoms with Crippen molar-refractivity contribution in [2.45, 2.75) is 32.0 Å². The molecule has 7 heteroatoms. The molecule has 0 bridgehead atoms. The van der Waals surface area contributed by atoms with Crippen LogP contribution in [0.3, 0.4) is 0 Å². The van der Waals surface area contributed by atoms with Gasteiger partial charge in [-0.25, -0.2) is 4.98 Å². The van der Waals surface area contributed by atoms with Crippen molar-refractivity contribution < 1.29 is 9.90 Å². The van der Waals surface area contributed by atoms with Crippen molar-refractivity contribution in [2.24, 2.45) is 0 Å². The molecule has 0 unspecified atom stereocenters. The maximum Gasteiger partial charge on any atom is 0.313 e. The molecule has 0 spiro atoms. The van der Waals surface area contributed by atoms with Gasteiger partial charge in [-0.3, -0.25) is 4.79 Å². The summed E-state index contributed by atoms with van der Waals surface area (Å²) in [5, 5.41) is 17.6. The Labute approximate surface area is 121 Å². The van der Waals surface area contributed by atoms with Gasteiger partial charge in [0.05, 0.1) is 5.75 Å². The summed E-state index contributed by atoms with van der Waals surface area (Å²) < 4.78 is 1.93. The van der Waals surface area contributed by atoms with E-state index in [2.05, 4.69) is 22.1 Å². The number of hydrogen-bond acceptors (Lipinski definition) is 5. The van der Waals surface area contributed by atoms with Gasteiger partial charge in [-0.05, 0) is 25.5 Å². The van der Waals surface area contributed by atoms with E-state index in [1.54, 1.807) is 0 Å². The van der Waals surface area contributed by atoms with Crippen LogP contribution in [0.2, 0.25) is 0 Å². The zero-order valence-electron chi connectivity index (χ0n) is 11.4. The van der Waals surface area contributed by atoms with Gasteiger partial charge in [0.25, 0.3) is 0 Å². The molecule has 2 rings (SSSR count). The van der Waals surface area contributed by atoms with Crippen molar-refractivity contribution in [3.8, 4) is 11.5 Å². The number of aromatic nitrogens is 4. The maximum atomic E-state index is 10.7. The van der Waals surface area contributed by atoms with Crippen molar-refractivity contribution in [2.75, 3.05) is 5.75 Å². The lowest BCUT2D eigenvalue weighted by atomic mass is 10.3. The second-order valence-electron chi connectivity index (χ2n) is 4.30. The molecule has 2 aromatic heterocycles. The summed E-state index contributed by atoms with van der Waals surface area (Å²) in [5.41, 5.74) is 1.67. The minimum atomic E-state index is -0.865. The highest BCUT2D eigenvalue weighted by Gasteiger charge is 2.15. The molecule has 1 N–H and O–H groups in total. The highest BCUT2D eigenvalue weighted by molar-refractivity contribution is 7.99. The van der Waals surface area contributed by atoms with Gasteiger partial charge in [-0.1, -0.05) is 24.8 Å². The van der Waals surface area contributed by atoms with Crippen LogP contribution in [0.5, 0.6) is 0 Å². The first kappa shape index (κ1) is 14.5. The zero-order chi connectivity index (χ0) is 14.5. The van der Waals surface area contributed by atoms with E-state index in [4.69, 9.17) is 5.11 Å². The number of rotatable bonds is 6. The molecule has 0 aliphatic rings. The van der Waals surface area contributed by atoms with Gasteiger partial charge in [-0.2, -0.15) is 0 Å². The summed E-state index contributed by atoms with van der Waals surface area (Å²) in [7, 11) is 0. The summed E-state index contributed by atoms with van der Waals surface area (Å²) >= 11 is 1.18. The number of pyridine rings is 1. The summed E-state index contributed by atoms with van der Waals surface area (Å²) in [4.78, 5) is 15.1. The topological polar surface area (TPSA) is 80.9 Å². The third-order valence-electron chi connectivity index (χ3n) is 2.61. The van der Waals surface area contributed by atoms with Crippen LogP contribution in [-0.4, -0.2) is 36.6 Å². The Kier molecular flexibility index (Phi) is 4.73. The van der Waals surface area contributed by atoms with Gasteiger partial charge in [0, 0.05) is 12.2 Å². The van der Waals surface area contributed by atoms with E-state index in [0.29, 0.717) is 11.0 Å². The first-order valence-electron chi connectivity index (χ1n) is 6.33. The van der Waals surface area contributed by atoms with Gasteiger partial charge in [-0.15, -0.1) is 10.2 Å². The molecule has 0 aliphatic heterocycles. The van der Waals surface area contributed by atoms with E-state index in [-0.39, 0.29) is 5.75 Å². The fourth-order valence-corrected chi connectivity index (χ4v) is 2.49. The molecule has 2 heterocycles. The number of carbonyl (C=O) groups is 1. The molecule has 0 radical (unpaired) electrons. The Balaban J connectivity index is 2.35. The number of nitrogens with zero attached hydrogens (tertiary/aromatic N) is 4. The van der Waals surface area contributed by atoms with Crippen molar-refractivity contribution in [1.82, 2.24) is 19.7 Å². The van der Waals surface area contributed by atoms with Crippen molar-refractivity contribution in [1.29, 1.82) is 0 Å². The largest absolute Gasteiger partial charge is 0.481 e. The number of carboxylic acids is 1. The Morgan fingerprint density at radius 2 is 2.20 bits per heavy atom. The molecular weight excluding hydrogens is 276 g/mol. The summed E-state index contributed by atoms with van der Waals surface area (Å²) in [6.07, 6.45) is 0.914. The number of aliphatic carboxylic acids is 1. The normalized spacial score (nSPS) is 10.7. The first-order chi connectivity index (χ1) is 9.61. The molecule has 106 valence electrons. The molecule has 0 aliphatic carbocycles. The van der Waals surface area contributed by atoms with E-state index in [1.165, 1.54) is 11.8 Å². The Bertz CT molecular complexity index is 612. The van der Waals surface area contributed by atoms with Gasteiger partial charge < -0.3 is 9.67 Å². The van der Waals surface area contributed by atoms with Gasteiger partial charge in [0.1, 0.15) is 5.69 Å². The van der Waals surface area contributed by atoms with Crippen LogP contribution in [0, 0.1) is 6.92 Å². The van der Waals surface area contributed by atoms with Gasteiger partial charge >= 0.3 is 5.97 Å². The summed E-state index contributed by atoms with van der Waals surface area (Å²) in [6, 6.07) is 5.73. The van der Waals surface area contributed by atoms with Gasteiger partial charge in [0.15, 0.2) is 11.0 Å². The van der Waals surface area contributed by atoms with E-state index in [0.717, 1.165) is 24.4 Å². The van der Waals surface area contributed by atoms with Crippen molar-refractivity contribution >= 4 is 17.7 Å². The molecule has 0 saturated carbocycles. The van der Waals surface area contributed by atoms with Crippen LogP contribution in [0.25, 0.3) is 11.5 Å². The molecule has 0 atom stereocenters. The number of aryl methyl sites for hydroxylation is 1. The van der Waals surface area contributed by atoms with Gasteiger partial charge in [0.2, 0.25) is 0 Å². The molecule has 0 saturated heterocycles. The van der Waals surface area contributed by atoms with E-state index >= 15 is 0 Å². The second-order valence-corrected chi connectivity index (χ2v) is 5.25. The highest BCUT2D eigenvalue weighted by atomic mass is 32.2. The Hall–Kier alpha value is -1.89. The first-order valence-corrected chi connectivity index (χ1v) is 7.32. The molecular formula is C13H16N4O2S. The summed E-state index contributed by atoms with van der Waals surface area (Å²) in [5.74, 6) is -0.206.